The molecule has 3 rings (SSSR count). The topological polar surface area (TPSA) is 167 Å². The predicted octanol–water partition coefficient (Wildman–Crippen LogP) is 2.81. The fourth-order valence-electron chi connectivity index (χ4n) is 5.09. The Balaban J connectivity index is 2.19. The maximum absolute atomic E-state index is 12.4. The van der Waals surface area contributed by atoms with Crippen LogP contribution in [-0.4, -0.2) is 67.4 Å². The molecule has 0 unspecified atom stereocenters. The third-order valence-electron chi connectivity index (χ3n) is 6.87. The van der Waals surface area contributed by atoms with Crippen molar-refractivity contribution in [3.63, 3.8) is 0 Å². The van der Waals surface area contributed by atoms with Crippen LogP contribution in [0, 0.1) is 6.92 Å². The summed E-state index contributed by atoms with van der Waals surface area (Å²) in [7, 11) is 0. The molecule has 44 heavy (non-hydrogen) atoms. The highest BCUT2D eigenvalue weighted by molar-refractivity contribution is 5.71. The average molecular weight is 614 g/mol. The summed E-state index contributed by atoms with van der Waals surface area (Å²) in [5, 5.41) is 0. The van der Waals surface area contributed by atoms with Crippen molar-refractivity contribution in [3.05, 3.63) is 64.2 Å². The van der Waals surface area contributed by atoms with Crippen molar-refractivity contribution < 1.29 is 52.4 Å². The summed E-state index contributed by atoms with van der Waals surface area (Å²) in [6.07, 6.45) is -5.16. The van der Waals surface area contributed by atoms with Gasteiger partial charge < -0.3 is 34.2 Å². The van der Waals surface area contributed by atoms with E-state index < -0.39 is 60.4 Å². The van der Waals surface area contributed by atoms with Crippen molar-refractivity contribution in [2.24, 2.45) is 5.73 Å². The molecule has 12 nitrogen and oxygen atoms in total. The second-order valence-corrected chi connectivity index (χ2v) is 10.6. The predicted molar refractivity (Wildman–Crippen MR) is 155 cm³/mol. The van der Waals surface area contributed by atoms with E-state index in [-0.39, 0.29) is 12.4 Å². The van der Waals surface area contributed by atoms with E-state index in [4.69, 9.17) is 34.2 Å². The number of nitrogens with two attached hydrogens (primary N) is 1. The Labute approximate surface area is 256 Å². The van der Waals surface area contributed by atoms with Gasteiger partial charge in [0.15, 0.2) is 18.3 Å². The van der Waals surface area contributed by atoms with E-state index in [2.05, 4.69) is 0 Å². The first-order chi connectivity index (χ1) is 20.8. The fourth-order valence-corrected chi connectivity index (χ4v) is 5.09. The molecule has 1 saturated heterocycles. The Bertz CT molecular complexity index is 1370. The van der Waals surface area contributed by atoms with Crippen molar-refractivity contribution in [1.29, 1.82) is 0 Å². The van der Waals surface area contributed by atoms with E-state index in [1.165, 1.54) is 13.8 Å². The SMILES string of the molecule is CC(=O)OC[C@H]1O[C@@H](c2cc(Cc3ccc(CCN)cc3)c(C)cc2OC(C)=O)[C@H](OC(C)=O)[C@@H](OC(C)=O)[C@@H]1OC(C)=O. The third kappa shape index (κ3) is 9.35. The van der Waals surface area contributed by atoms with E-state index in [1.807, 2.05) is 31.2 Å². The molecule has 0 amide bonds. The molecule has 5 atom stereocenters. The van der Waals surface area contributed by atoms with Crippen LogP contribution in [0.2, 0.25) is 0 Å². The first-order valence-electron chi connectivity index (χ1n) is 14.2. The first kappa shape index (κ1) is 34.2. The summed E-state index contributed by atoms with van der Waals surface area (Å²) in [4.78, 5) is 60.6. The van der Waals surface area contributed by atoms with Gasteiger partial charge in [0.2, 0.25) is 0 Å². The lowest BCUT2D eigenvalue weighted by Crippen LogP contribution is -2.59. The van der Waals surface area contributed by atoms with E-state index >= 15 is 0 Å². The van der Waals surface area contributed by atoms with Crippen LogP contribution >= 0.6 is 0 Å². The molecule has 1 aliphatic heterocycles. The largest absolute Gasteiger partial charge is 0.463 e. The van der Waals surface area contributed by atoms with Crippen molar-refractivity contribution >= 4 is 29.8 Å². The van der Waals surface area contributed by atoms with E-state index in [1.54, 1.807) is 12.1 Å². The smallest absolute Gasteiger partial charge is 0.308 e. The number of hydrogen-bond donors (Lipinski definition) is 1. The van der Waals surface area contributed by atoms with Gasteiger partial charge in [0.1, 0.15) is 24.6 Å². The van der Waals surface area contributed by atoms with Gasteiger partial charge in [-0.15, -0.1) is 0 Å². The van der Waals surface area contributed by atoms with E-state index in [9.17, 15) is 24.0 Å². The molecular formula is C32H39NO11. The molecule has 1 heterocycles. The number of benzene rings is 2. The Hall–Kier alpha value is -4.29. The zero-order valence-electron chi connectivity index (χ0n) is 25.7. The highest BCUT2D eigenvalue weighted by atomic mass is 16.7. The van der Waals surface area contributed by atoms with Gasteiger partial charge in [0.05, 0.1) is 0 Å². The standard InChI is InChI=1S/C32H39NO11/c1-17-13-27(40-19(3)35)26(15-25(17)14-24-9-7-23(8-10-24)11-12-33)29-31(42-21(5)37)32(43-22(6)38)30(41-20(4)36)28(44-29)16-39-18(2)34/h7-10,13,15,28-32H,11-12,14,16,33H2,1-6H3/t28-,29+,30-,31+,32+/m1/s1. The van der Waals surface area contributed by atoms with Crippen LogP contribution in [0.15, 0.2) is 36.4 Å². The minimum absolute atomic E-state index is 0.123. The second-order valence-electron chi connectivity index (χ2n) is 10.6. The van der Waals surface area contributed by atoms with Gasteiger partial charge in [-0.3, -0.25) is 24.0 Å². The summed E-state index contributed by atoms with van der Waals surface area (Å²) in [6.45, 7) is 7.91. The van der Waals surface area contributed by atoms with Gasteiger partial charge in [-0.05, 0) is 60.7 Å². The van der Waals surface area contributed by atoms with Crippen LogP contribution < -0.4 is 10.5 Å². The fraction of sp³-hybridized carbons (Fsp3) is 0.469. The van der Waals surface area contributed by atoms with Crippen LogP contribution in [-0.2, 0) is 60.5 Å². The monoisotopic (exact) mass is 613 g/mol. The van der Waals surface area contributed by atoms with Crippen LogP contribution in [0.4, 0.5) is 0 Å². The lowest BCUT2D eigenvalue weighted by atomic mass is 9.87. The van der Waals surface area contributed by atoms with Crippen LogP contribution in [0.3, 0.4) is 0 Å². The molecule has 0 saturated carbocycles. The summed E-state index contributed by atoms with van der Waals surface area (Å²) in [5.74, 6) is -3.34. The number of aryl methyl sites for hydroxylation is 1. The highest BCUT2D eigenvalue weighted by Crippen LogP contribution is 2.42. The average Bonchev–Trinajstić information content (AvgIpc) is 2.91. The minimum Gasteiger partial charge on any atom is -0.463 e. The Morgan fingerprint density at radius 3 is 1.86 bits per heavy atom. The number of carbonyl (C=O) groups is 5. The molecule has 2 aromatic rings. The van der Waals surface area contributed by atoms with Crippen molar-refractivity contribution in [2.45, 2.75) is 84.9 Å². The van der Waals surface area contributed by atoms with Crippen molar-refractivity contribution in [3.8, 4) is 5.75 Å². The molecule has 1 aliphatic rings. The number of ether oxygens (including phenoxy) is 6. The van der Waals surface area contributed by atoms with E-state index in [0.717, 1.165) is 49.4 Å². The van der Waals surface area contributed by atoms with Crippen LogP contribution in [0.25, 0.3) is 0 Å². The van der Waals surface area contributed by atoms with Crippen LogP contribution in [0.1, 0.15) is 68.5 Å². The molecule has 2 N–H and O–H groups in total. The zero-order chi connectivity index (χ0) is 32.6. The molecule has 0 bridgehead atoms. The number of esters is 5. The molecule has 238 valence electrons. The normalized spacial score (nSPS) is 21.1. The zero-order valence-corrected chi connectivity index (χ0v) is 25.7. The lowest BCUT2D eigenvalue weighted by Gasteiger charge is -2.44. The summed E-state index contributed by atoms with van der Waals surface area (Å²) in [5.41, 5.74) is 9.74. The summed E-state index contributed by atoms with van der Waals surface area (Å²) < 4.78 is 33.8. The number of carbonyl (C=O) groups excluding carboxylic acids is 5. The molecule has 12 heteroatoms. The summed E-state index contributed by atoms with van der Waals surface area (Å²) >= 11 is 0. The van der Waals surface area contributed by atoms with Crippen molar-refractivity contribution in [2.75, 3.05) is 13.2 Å². The molecule has 0 radical (unpaired) electrons. The van der Waals surface area contributed by atoms with Gasteiger partial charge in [-0.25, -0.2) is 0 Å². The Morgan fingerprint density at radius 1 is 0.750 bits per heavy atom. The van der Waals surface area contributed by atoms with Gasteiger partial charge in [-0.2, -0.15) is 0 Å². The highest BCUT2D eigenvalue weighted by Gasteiger charge is 2.53. The maximum Gasteiger partial charge on any atom is 0.308 e. The van der Waals surface area contributed by atoms with Crippen molar-refractivity contribution in [1.82, 2.24) is 0 Å². The molecule has 1 fully saturated rings. The maximum atomic E-state index is 12.4. The van der Waals surface area contributed by atoms with Gasteiger partial charge in [-0.1, -0.05) is 24.3 Å². The minimum atomic E-state index is -1.37. The van der Waals surface area contributed by atoms with Gasteiger partial charge in [0.25, 0.3) is 0 Å². The quantitative estimate of drug-likeness (QED) is 0.224. The third-order valence-corrected chi connectivity index (χ3v) is 6.87. The van der Waals surface area contributed by atoms with Crippen LogP contribution in [0.5, 0.6) is 5.75 Å². The molecule has 0 aromatic heterocycles. The molecule has 0 aliphatic carbocycles. The number of rotatable bonds is 11. The first-order valence-corrected chi connectivity index (χ1v) is 14.2. The molecule has 0 spiro atoms. The molecular weight excluding hydrogens is 574 g/mol. The Morgan fingerprint density at radius 2 is 1.32 bits per heavy atom. The van der Waals surface area contributed by atoms with E-state index in [0.29, 0.717) is 18.5 Å². The lowest BCUT2D eigenvalue weighted by molar-refractivity contribution is -0.254. The summed E-state index contributed by atoms with van der Waals surface area (Å²) in [6, 6.07) is 11.4. The molecule has 2 aromatic carbocycles. The Kier molecular flexibility index (Phi) is 12.0. The number of hydrogen-bond acceptors (Lipinski definition) is 12. The van der Waals surface area contributed by atoms with Gasteiger partial charge >= 0.3 is 29.8 Å². The second kappa shape index (κ2) is 15.4. The van der Waals surface area contributed by atoms with Gasteiger partial charge in [0, 0.05) is 40.2 Å².